The van der Waals surface area contributed by atoms with E-state index in [-0.39, 0.29) is 36.5 Å². The van der Waals surface area contributed by atoms with Gasteiger partial charge in [-0.1, -0.05) is 50.6 Å². The van der Waals surface area contributed by atoms with Gasteiger partial charge in [0.2, 0.25) is 5.91 Å². The maximum absolute atomic E-state index is 12.2. The molecule has 3 aliphatic rings. The highest BCUT2D eigenvalue weighted by atomic mass is 16.6. The van der Waals surface area contributed by atoms with E-state index >= 15 is 0 Å². The van der Waals surface area contributed by atoms with E-state index in [4.69, 9.17) is 19.3 Å². The van der Waals surface area contributed by atoms with E-state index in [1.807, 2.05) is 39.8 Å². The van der Waals surface area contributed by atoms with Crippen molar-refractivity contribution in [3.8, 4) is 0 Å². The molecule has 8 atom stereocenters. The van der Waals surface area contributed by atoms with Gasteiger partial charge in [0.1, 0.15) is 17.8 Å². The molecular formula is C27H41NO7. The summed E-state index contributed by atoms with van der Waals surface area (Å²) in [6.45, 7) is 10.6. The second-order valence-electron chi connectivity index (χ2n) is 10.7. The fourth-order valence-electron chi connectivity index (χ4n) is 4.84. The number of carboxylic acid groups (broad SMARTS) is 1. The van der Waals surface area contributed by atoms with Crippen molar-refractivity contribution >= 4 is 11.9 Å². The van der Waals surface area contributed by atoms with Crippen molar-refractivity contribution in [2.24, 2.45) is 11.8 Å². The van der Waals surface area contributed by atoms with Gasteiger partial charge in [-0.05, 0) is 44.6 Å². The van der Waals surface area contributed by atoms with Gasteiger partial charge in [-0.2, -0.15) is 0 Å². The fourth-order valence-corrected chi connectivity index (χ4v) is 4.84. The van der Waals surface area contributed by atoms with Crippen LogP contribution in [0.5, 0.6) is 0 Å². The Bertz CT molecular complexity index is 844. The lowest BCUT2D eigenvalue weighted by Gasteiger charge is -2.39. The number of aliphatic hydroxyl groups is 1. The number of carbonyl (C=O) groups excluding carboxylic acids is 1. The minimum atomic E-state index is -0.925. The molecule has 8 heteroatoms. The Morgan fingerprint density at radius 1 is 1.20 bits per heavy atom. The highest BCUT2D eigenvalue weighted by Crippen LogP contribution is 2.43. The number of allylic oxidation sites excluding steroid dienone is 3. The number of aliphatic carboxylic acids is 1. The first-order chi connectivity index (χ1) is 16.5. The molecule has 1 amide bonds. The zero-order valence-corrected chi connectivity index (χ0v) is 21.5. The maximum atomic E-state index is 12.2. The van der Waals surface area contributed by atoms with Crippen LogP contribution in [0.2, 0.25) is 0 Å². The van der Waals surface area contributed by atoms with Crippen LogP contribution in [0.1, 0.15) is 60.3 Å². The molecular weight excluding hydrogens is 450 g/mol. The number of amides is 1. The summed E-state index contributed by atoms with van der Waals surface area (Å²) in [5.41, 5.74) is 0.327. The van der Waals surface area contributed by atoms with E-state index in [0.29, 0.717) is 18.9 Å². The Balaban J connectivity index is 1.52. The summed E-state index contributed by atoms with van der Waals surface area (Å²) >= 11 is 0. The first-order valence-corrected chi connectivity index (χ1v) is 12.7. The molecule has 35 heavy (non-hydrogen) atoms. The number of rotatable bonds is 9. The van der Waals surface area contributed by atoms with Gasteiger partial charge in [0.25, 0.3) is 0 Å². The van der Waals surface area contributed by atoms with Gasteiger partial charge in [-0.3, -0.25) is 9.59 Å². The Labute approximate surface area is 208 Å². The average molecular weight is 492 g/mol. The molecule has 3 heterocycles. The summed E-state index contributed by atoms with van der Waals surface area (Å²) < 4.78 is 17.6. The monoisotopic (exact) mass is 491 g/mol. The first-order valence-electron chi connectivity index (χ1n) is 12.7. The number of carboxylic acids is 1. The summed E-state index contributed by atoms with van der Waals surface area (Å²) in [7, 11) is 0. The standard InChI is InChI=1S/C27H41NO7/c1-16(2)6-11-24(29)28-21-12-18(4)22(34-19(21)5)9-7-17(3)8-10-23-26(32)27(15-33-27)14-20(35-23)13-25(30)31/h6-8,10-11,16,18-23,26,32H,9,12-15H2,1-5H3,(H,28,29)(H,30,31)/b10-8+,11-6-,17-7+/t18-,19+,20+,21+,22-,23+,26+,27+/m0/s1. The number of hydrogen-bond donors (Lipinski definition) is 3. The van der Waals surface area contributed by atoms with Crippen molar-refractivity contribution in [2.75, 3.05) is 6.61 Å². The van der Waals surface area contributed by atoms with Crippen LogP contribution in [0.4, 0.5) is 0 Å². The Morgan fingerprint density at radius 3 is 2.54 bits per heavy atom. The molecule has 0 unspecified atom stereocenters. The maximum Gasteiger partial charge on any atom is 0.305 e. The van der Waals surface area contributed by atoms with E-state index in [0.717, 1.165) is 18.4 Å². The van der Waals surface area contributed by atoms with Crippen LogP contribution in [0.15, 0.2) is 36.0 Å². The molecule has 0 aromatic carbocycles. The third-order valence-electron chi connectivity index (χ3n) is 7.09. The van der Waals surface area contributed by atoms with Crippen LogP contribution in [0.25, 0.3) is 0 Å². The summed E-state index contributed by atoms with van der Waals surface area (Å²) in [4.78, 5) is 23.3. The van der Waals surface area contributed by atoms with Crippen molar-refractivity contribution in [3.63, 3.8) is 0 Å². The molecule has 3 N–H and O–H groups in total. The molecule has 3 rings (SSSR count). The number of hydrogen-bond acceptors (Lipinski definition) is 6. The minimum Gasteiger partial charge on any atom is -0.481 e. The van der Waals surface area contributed by atoms with Gasteiger partial charge in [0.15, 0.2) is 0 Å². The molecule has 3 saturated heterocycles. The SMILES string of the molecule is CC(/C=C/[C@H]1O[C@H](CC(=O)O)C[C@@]2(CO2)[C@@H]1O)=C\C[C@@H]1O[C@H](C)[C@H](NC(=O)/C=C\C(C)C)C[C@@H]1C. The largest absolute Gasteiger partial charge is 0.481 e. The van der Waals surface area contributed by atoms with Gasteiger partial charge in [-0.15, -0.1) is 0 Å². The van der Waals surface area contributed by atoms with E-state index < -0.39 is 29.9 Å². The topological polar surface area (TPSA) is 118 Å². The molecule has 0 bridgehead atoms. The van der Waals surface area contributed by atoms with Gasteiger partial charge in [0.05, 0.1) is 37.4 Å². The predicted molar refractivity (Wildman–Crippen MR) is 132 cm³/mol. The molecule has 0 aromatic rings. The van der Waals surface area contributed by atoms with Crippen LogP contribution in [0.3, 0.4) is 0 Å². The highest BCUT2D eigenvalue weighted by molar-refractivity contribution is 5.87. The van der Waals surface area contributed by atoms with Crippen LogP contribution in [-0.2, 0) is 23.8 Å². The lowest BCUT2D eigenvalue weighted by atomic mass is 9.87. The van der Waals surface area contributed by atoms with Crippen molar-refractivity contribution in [1.29, 1.82) is 0 Å². The molecule has 0 aromatic heterocycles. The number of ether oxygens (including phenoxy) is 3. The van der Waals surface area contributed by atoms with Crippen molar-refractivity contribution in [1.82, 2.24) is 5.32 Å². The molecule has 8 nitrogen and oxygen atoms in total. The van der Waals surface area contributed by atoms with Crippen LogP contribution in [-0.4, -0.2) is 70.9 Å². The van der Waals surface area contributed by atoms with E-state index in [9.17, 15) is 14.7 Å². The second-order valence-corrected chi connectivity index (χ2v) is 10.7. The number of epoxide rings is 1. The van der Waals surface area contributed by atoms with Crippen molar-refractivity contribution < 1.29 is 34.0 Å². The van der Waals surface area contributed by atoms with Gasteiger partial charge in [-0.25, -0.2) is 0 Å². The van der Waals surface area contributed by atoms with Crippen LogP contribution in [0, 0.1) is 11.8 Å². The summed E-state index contributed by atoms with van der Waals surface area (Å²) in [6, 6.07) is -0.0174. The number of aliphatic hydroxyl groups excluding tert-OH is 1. The summed E-state index contributed by atoms with van der Waals surface area (Å²) in [5, 5.41) is 22.8. The van der Waals surface area contributed by atoms with E-state index in [1.54, 1.807) is 12.2 Å². The van der Waals surface area contributed by atoms with Crippen molar-refractivity contribution in [2.45, 2.75) is 102 Å². The Hall–Kier alpha value is -2.00. The number of carbonyl (C=O) groups is 2. The lowest BCUT2D eigenvalue weighted by Crippen LogP contribution is -2.50. The smallest absolute Gasteiger partial charge is 0.305 e. The zero-order chi connectivity index (χ0) is 25.8. The molecule has 1 spiro atoms. The van der Waals surface area contributed by atoms with Gasteiger partial charge < -0.3 is 29.7 Å². The third-order valence-corrected chi connectivity index (χ3v) is 7.09. The summed E-state index contributed by atoms with van der Waals surface area (Å²) in [6.07, 6.45) is 9.20. The summed E-state index contributed by atoms with van der Waals surface area (Å²) in [5.74, 6) is -0.395. The highest BCUT2D eigenvalue weighted by Gasteiger charge is 2.58. The van der Waals surface area contributed by atoms with Gasteiger partial charge in [0, 0.05) is 6.42 Å². The fraction of sp³-hybridized carbons (Fsp3) is 0.704. The molecule has 0 saturated carbocycles. The van der Waals surface area contributed by atoms with E-state index in [1.165, 1.54) is 0 Å². The first kappa shape index (κ1) is 27.6. The minimum absolute atomic E-state index is 0.0174. The zero-order valence-electron chi connectivity index (χ0n) is 21.5. The van der Waals surface area contributed by atoms with Crippen LogP contribution < -0.4 is 5.32 Å². The molecule has 0 aliphatic carbocycles. The average Bonchev–Trinajstić information content (AvgIpc) is 3.54. The molecule has 0 radical (unpaired) electrons. The van der Waals surface area contributed by atoms with Crippen LogP contribution >= 0.6 is 0 Å². The molecule has 3 fully saturated rings. The van der Waals surface area contributed by atoms with Crippen molar-refractivity contribution in [3.05, 3.63) is 36.0 Å². The van der Waals surface area contributed by atoms with E-state index in [2.05, 4.69) is 18.3 Å². The Morgan fingerprint density at radius 2 is 1.91 bits per heavy atom. The second kappa shape index (κ2) is 11.8. The number of nitrogens with one attached hydrogen (secondary N) is 1. The third kappa shape index (κ3) is 7.74. The normalized spacial score (nSPS) is 37.9. The van der Waals surface area contributed by atoms with Gasteiger partial charge >= 0.3 is 5.97 Å². The quantitative estimate of drug-likeness (QED) is 0.258. The molecule has 196 valence electrons. The molecule has 3 aliphatic heterocycles. The Kier molecular flexibility index (Phi) is 9.32. The lowest BCUT2D eigenvalue weighted by molar-refractivity contribution is -0.155. The predicted octanol–water partition coefficient (Wildman–Crippen LogP) is 3.15.